The molecule has 0 aliphatic carbocycles. The molecule has 0 bridgehead atoms. The lowest BCUT2D eigenvalue weighted by Gasteiger charge is -2.27. The van der Waals surface area contributed by atoms with Gasteiger partial charge in [0.1, 0.15) is 23.3 Å². The molecule has 8 heteroatoms. The van der Waals surface area contributed by atoms with Gasteiger partial charge in [-0.25, -0.2) is 4.79 Å². The molecule has 7 nitrogen and oxygen atoms in total. The van der Waals surface area contributed by atoms with E-state index in [4.69, 9.17) is 26.1 Å². The molecule has 1 N–H and O–H groups in total. The number of hydrogen-bond donors (Lipinski definition) is 1. The van der Waals surface area contributed by atoms with E-state index < -0.39 is 0 Å². The molecule has 1 aliphatic heterocycles. The Morgan fingerprint density at radius 2 is 1.77 bits per heavy atom. The van der Waals surface area contributed by atoms with E-state index in [9.17, 15) is 4.79 Å². The van der Waals surface area contributed by atoms with Crippen LogP contribution >= 0.6 is 12.2 Å². The van der Waals surface area contributed by atoms with Crippen LogP contribution in [0.4, 0.5) is 5.69 Å². The summed E-state index contributed by atoms with van der Waals surface area (Å²) in [7, 11) is 3.00. The van der Waals surface area contributed by atoms with Gasteiger partial charge in [0.15, 0.2) is 5.11 Å². The minimum atomic E-state index is -0.382. The van der Waals surface area contributed by atoms with Gasteiger partial charge in [-0.2, -0.15) is 0 Å². The fourth-order valence-corrected chi connectivity index (χ4v) is 4.63. The zero-order valence-corrected chi connectivity index (χ0v) is 20.0. The lowest BCUT2D eigenvalue weighted by Crippen LogP contribution is -2.29. The second-order valence-corrected chi connectivity index (χ2v) is 8.33. The van der Waals surface area contributed by atoms with Gasteiger partial charge in [-0.05, 0) is 60.7 Å². The van der Waals surface area contributed by atoms with E-state index in [-0.39, 0.29) is 18.1 Å². The monoisotopic (exact) mass is 485 g/mol. The van der Waals surface area contributed by atoms with Crippen LogP contribution in [0.5, 0.6) is 5.75 Å². The zero-order chi connectivity index (χ0) is 24.4. The number of nitrogens with zero attached hydrogens (tertiary/aromatic N) is 2. The highest BCUT2D eigenvalue weighted by atomic mass is 32.1. The number of ether oxygens (including phenoxy) is 2. The third-order valence-corrected chi connectivity index (χ3v) is 6.27. The number of hydrogen-bond acceptors (Lipinski definition) is 6. The van der Waals surface area contributed by atoms with Gasteiger partial charge >= 0.3 is 5.97 Å². The number of carbonyl (C=O) groups excluding carboxylic acids is 1. The SMILES string of the molecule is COC(=O)c1ccc(-c2ccc([C@H]3[C@@H](c4ccccn4)NC(=S)N3c3ccccc3OC)o2)cc1. The first-order chi connectivity index (χ1) is 17.1. The van der Waals surface area contributed by atoms with Crippen LogP contribution in [0.2, 0.25) is 0 Å². The van der Waals surface area contributed by atoms with Crippen LogP contribution in [0.3, 0.4) is 0 Å². The summed E-state index contributed by atoms with van der Waals surface area (Å²) in [4.78, 5) is 18.4. The van der Waals surface area contributed by atoms with E-state index in [0.29, 0.717) is 27.9 Å². The predicted molar refractivity (Wildman–Crippen MR) is 136 cm³/mol. The molecule has 4 aromatic rings. The second kappa shape index (κ2) is 9.60. The largest absolute Gasteiger partial charge is 0.495 e. The average molecular weight is 486 g/mol. The Morgan fingerprint density at radius 3 is 2.49 bits per heavy atom. The number of esters is 1. The maximum absolute atomic E-state index is 11.8. The molecule has 1 aliphatic rings. The molecule has 0 amide bonds. The summed E-state index contributed by atoms with van der Waals surface area (Å²) in [5, 5.41) is 3.97. The maximum atomic E-state index is 11.8. The highest BCUT2D eigenvalue weighted by Crippen LogP contribution is 2.45. The van der Waals surface area contributed by atoms with E-state index in [1.807, 2.05) is 71.6 Å². The number of pyridine rings is 1. The van der Waals surface area contributed by atoms with Gasteiger partial charge in [-0.1, -0.05) is 30.3 Å². The first-order valence-corrected chi connectivity index (χ1v) is 11.4. The van der Waals surface area contributed by atoms with E-state index in [2.05, 4.69) is 10.3 Å². The number of rotatable bonds is 6. The van der Waals surface area contributed by atoms with Gasteiger partial charge < -0.3 is 24.1 Å². The van der Waals surface area contributed by atoms with Crippen LogP contribution in [-0.4, -0.2) is 30.3 Å². The first kappa shape index (κ1) is 22.6. The van der Waals surface area contributed by atoms with E-state index in [0.717, 1.165) is 16.9 Å². The molecule has 1 fully saturated rings. The number of aromatic nitrogens is 1. The van der Waals surface area contributed by atoms with Crippen molar-refractivity contribution in [3.63, 3.8) is 0 Å². The molecule has 35 heavy (non-hydrogen) atoms. The van der Waals surface area contributed by atoms with Gasteiger partial charge in [0.2, 0.25) is 0 Å². The van der Waals surface area contributed by atoms with E-state index in [1.165, 1.54) is 7.11 Å². The van der Waals surface area contributed by atoms with Crippen LogP contribution in [0.1, 0.15) is 33.9 Å². The van der Waals surface area contributed by atoms with Crippen LogP contribution < -0.4 is 15.0 Å². The number of nitrogens with one attached hydrogen (secondary N) is 1. The average Bonchev–Trinajstić information content (AvgIpc) is 3.53. The van der Waals surface area contributed by atoms with Crippen molar-refractivity contribution in [1.82, 2.24) is 10.3 Å². The van der Waals surface area contributed by atoms with E-state index >= 15 is 0 Å². The van der Waals surface area contributed by atoms with Crippen molar-refractivity contribution in [3.8, 4) is 17.1 Å². The van der Waals surface area contributed by atoms with Gasteiger partial charge in [-0.3, -0.25) is 4.98 Å². The fourth-order valence-electron chi connectivity index (χ4n) is 4.29. The van der Waals surface area contributed by atoms with Gasteiger partial charge in [0.05, 0.1) is 37.2 Å². The van der Waals surface area contributed by atoms with Gasteiger partial charge in [0, 0.05) is 11.8 Å². The standard InChI is InChI=1S/C27H23N3O4S/c1-32-22-9-4-3-8-20(22)30-25(24(29-27(30)35)19-7-5-6-16-28-19)23-15-14-21(34-23)17-10-12-18(13-11-17)26(31)33-2/h3-16,24-25H,1-2H3,(H,29,35)/t24-,25+/m1/s1. The summed E-state index contributed by atoms with van der Waals surface area (Å²) in [5.41, 5.74) is 3.00. The minimum Gasteiger partial charge on any atom is -0.495 e. The number of methoxy groups -OCH3 is 2. The Bertz CT molecular complexity index is 1350. The summed E-state index contributed by atoms with van der Waals surface area (Å²) in [6, 6.07) is 23.9. The molecule has 2 aromatic heterocycles. The Balaban J connectivity index is 1.56. The summed E-state index contributed by atoms with van der Waals surface area (Å²) in [5.74, 6) is 1.71. The van der Waals surface area contributed by atoms with Crippen molar-refractivity contribution < 1.29 is 18.7 Å². The highest BCUT2D eigenvalue weighted by Gasteiger charge is 2.43. The quantitative estimate of drug-likeness (QED) is 0.291. The molecule has 0 spiro atoms. The summed E-state index contributed by atoms with van der Waals surface area (Å²) in [6.07, 6.45) is 1.76. The summed E-state index contributed by atoms with van der Waals surface area (Å²) >= 11 is 5.78. The molecule has 3 heterocycles. The Labute approximate surface area is 208 Å². The van der Waals surface area contributed by atoms with Crippen LogP contribution in [0.15, 0.2) is 89.5 Å². The van der Waals surface area contributed by atoms with Crippen molar-refractivity contribution in [1.29, 1.82) is 0 Å². The fraction of sp³-hybridized carbons (Fsp3) is 0.148. The third-order valence-electron chi connectivity index (χ3n) is 5.95. The summed E-state index contributed by atoms with van der Waals surface area (Å²) in [6.45, 7) is 0. The molecule has 0 radical (unpaired) electrons. The normalized spacial score (nSPS) is 17.2. The maximum Gasteiger partial charge on any atom is 0.337 e. The highest BCUT2D eigenvalue weighted by molar-refractivity contribution is 7.80. The van der Waals surface area contributed by atoms with Crippen molar-refractivity contribution in [2.45, 2.75) is 12.1 Å². The second-order valence-electron chi connectivity index (χ2n) is 7.94. The van der Waals surface area contributed by atoms with Crippen molar-refractivity contribution >= 4 is 29.0 Å². The van der Waals surface area contributed by atoms with Crippen LogP contribution in [-0.2, 0) is 4.74 Å². The zero-order valence-electron chi connectivity index (χ0n) is 19.2. The Morgan fingerprint density at radius 1 is 1.00 bits per heavy atom. The third kappa shape index (κ3) is 4.24. The molecular weight excluding hydrogens is 462 g/mol. The lowest BCUT2D eigenvalue weighted by molar-refractivity contribution is 0.0600. The first-order valence-electron chi connectivity index (χ1n) is 11.0. The molecule has 2 aromatic carbocycles. The number of anilines is 1. The molecule has 176 valence electrons. The lowest BCUT2D eigenvalue weighted by atomic mass is 10.0. The number of furan rings is 1. The Hall–Kier alpha value is -4.17. The molecule has 0 saturated carbocycles. The minimum absolute atomic E-state index is 0.241. The van der Waals surface area contributed by atoms with Crippen molar-refractivity contribution in [2.24, 2.45) is 0 Å². The van der Waals surface area contributed by atoms with Crippen molar-refractivity contribution in [2.75, 3.05) is 19.1 Å². The van der Waals surface area contributed by atoms with Crippen LogP contribution in [0, 0.1) is 0 Å². The number of para-hydroxylation sites is 2. The van der Waals surface area contributed by atoms with Crippen molar-refractivity contribution in [3.05, 3.63) is 102 Å². The molecular formula is C27H23N3O4S. The van der Waals surface area contributed by atoms with Crippen LogP contribution in [0.25, 0.3) is 11.3 Å². The number of thiocarbonyl (C=S) groups is 1. The van der Waals surface area contributed by atoms with Gasteiger partial charge in [0.25, 0.3) is 0 Å². The Kier molecular flexibility index (Phi) is 6.20. The molecule has 2 atom stereocenters. The van der Waals surface area contributed by atoms with Gasteiger partial charge in [-0.15, -0.1) is 0 Å². The molecule has 1 saturated heterocycles. The topological polar surface area (TPSA) is 76.8 Å². The molecule has 0 unspecified atom stereocenters. The van der Waals surface area contributed by atoms with E-state index in [1.54, 1.807) is 25.4 Å². The summed E-state index contributed by atoms with van der Waals surface area (Å²) < 4.78 is 16.8. The number of benzene rings is 2. The predicted octanol–water partition coefficient (Wildman–Crippen LogP) is 5.31. The molecule has 5 rings (SSSR count). The smallest absolute Gasteiger partial charge is 0.337 e. The number of carbonyl (C=O) groups is 1.